The molecule has 2 aromatic rings. The average Bonchev–Trinajstić information content (AvgIpc) is 3.09. The molecule has 0 radical (unpaired) electrons. The maximum absolute atomic E-state index is 5.88. The summed E-state index contributed by atoms with van der Waals surface area (Å²) in [5, 5.41) is 7.56. The van der Waals surface area contributed by atoms with Gasteiger partial charge in [0, 0.05) is 38.6 Å². The van der Waals surface area contributed by atoms with Crippen LogP contribution in [0, 0.1) is 0 Å². The van der Waals surface area contributed by atoms with Crippen LogP contribution in [0.5, 0.6) is 5.75 Å². The molecule has 3 heterocycles. The number of aryl methyl sites for hydroxylation is 1. The molecule has 26 heavy (non-hydrogen) atoms. The van der Waals surface area contributed by atoms with Crippen molar-refractivity contribution >= 4 is 29.9 Å². The second-order valence-corrected chi connectivity index (χ2v) is 5.76. The number of rotatable bonds is 5. The van der Waals surface area contributed by atoms with Crippen molar-refractivity contribution in [3.63, 3.8) is 0 Å². The third-order valence-corrected chi connectivity index (χ3v) is 3.96. The van der Waals surface area contributed by atoms with E-state index in [2.05, 4.69) is 25.3 Å². The second-order valence-electron chi connectivity index (χ2n) is 5.76. The van der Waals surface area contributed by atoms with E-state index in [0.717, 1.165) is 30.4 Å². The molecule has 1 saturated heterocycles. The van der Waals surface area contributed by atoms with Crippen LogP contribution in [0.3, 0.4) is 0 Å². The van der Waals surface area contributed by atoms with E-state index in [1.54, 1.807) is 24.1 Å². The van der Waals surface area contributed by atoms with Gasteiger partial charge in [-0.25, -0.2) is 0 Å². The molecule has 1 aliphatic heterocycles. The summed E-state index contributed by atoms with van der Waals surface area (Å²) in [7, 11) is 3.70. The van der Waals surface area contributed by atoms with Crippen LogP contribution in [0.1, 0.15) is 11.7 Å². The third kappa shape index (κ3) is 5.56. The first kappa shape index (κ1) is 20.4. The van der Waals surface area contributed by atoms with Crippen molar-refractivity contribution in [3.8, 4) is 5.75 Å². The first-order valence-corrected chi connectivity index (χ1v) is 8.35. The summed E-state index contributed by atoms with van der Waals surface area (Å²) < 4.78 is 13.3. The first-order chi connectivity index (χ1) is 12.3. The number of aromatic nitrogens is 3. The molecule has 0 aliphatic carbocycles. The fourth-order valence-electron chi connectivity index (χ4n) is 2.75. The molecule has 1 N–H and O–H groups in total. The minimum atomic E-state index is 0. The van der Waals surface area contributed by atoms with Crippen molar-refractivity contribution in [2.24, 2.45) is 12.0 Å². The third-order valence-electron chi connectivity index (χ3n) is 3.96. The minimum Gasteiger partial charge on any atom is -0.490 e. The molecular formula is C17H25IN6O2. The summed E-state index contributed by atoms with van der Waals surface area (Å²) in [5.74, 6) is 1.62. The van der Waals surface area contributed by atoms with Gasteiger partial charge >= 0.3 is 0 Å². The fraction of sp³-hybridized carbons (Fsp3) is 0.471. The molecule has 9 heteroatoms. The Kier molecular flexibility index (Phi) is 8.10. The largest absolute Gasteiger partial charge is 0.490 e. The lowest BCUT2D eigenvalue weighted by molar-refractivity contribution is -0.00805. The summed E-state index contributed by atoms with van der Waals surface area (Å²) in [4.78, 5) is 10.6. The van der Waals surface area contributed by atoms with Gasteiger partial charge in [-0.05, 0) is 12.1 Å². The van der Waals surface area contributed by atoms with Crippen LogP contribution >= 0.6 is 24.0 Å². The van der Waals surface area contributed by atoms with E-state index in [4.69, 9.17) is 9.47 Å². The summed E-state index contributed by atoms with van der Waals surface area (Å²) in [6, 6.07) is 3.75. The molecule has 3 rings (SSSR count). The Morgan fingerprint density at radius 1 is 1.46 bits per heavy atom. The van der Waals surface area contributed by atoms with Gasteiger partial charge in [0.2, 0.25) is 0 Å². The van der Waals surface area contributed by atoms with Gasteiger partial charge in [-0.3, -0.25) is 14.7 Å². The highest BCUT2D eigenvalue weighted by Crippen LogP contribution is 2.21. The van der Waals surface area contributed by atoms with E-state index in [1.807, 2.05) is 31.6 Å². The van der Waals surface area contributed by atoms with Crippen molar-refractivity contribution in [2.45, 2.75) is 6.10 Å². The zero-order valence-corrected chi connectivity index (χ0v) is 17.4. The number of nitrogens with one attached hydrogen (secondary N) is 1. The van der Waals surface area contributed by atoms with E-state index < -0.39 is 0 Å². The molecule has 8 nitrogen and oxygen atoms in total. The highest BCUT2D eigenvalue weighted by atomic mass is 127. The van der Waals surface area contributed by atoms with E-state index >= 15 is 0 Å². The van der Waals surface area contributed by atoms with Crippen LogP contribution < -0.4 is 10.1 Å². The Labute approximate surface area is 170 Å². The van der Waals surface area contributed by atoms with Gasteiger partial charge in [-0.2, -0.15) is 5.10 Å². The zero-order chi connectivity index (χ0) is 17.5. The second kappa shape index (κ2) is 10.3. The standard InChI is InChI=1S/C17H24N6O2.HI/c1-18-17(20-6-8-24-15-4-3-5-19-11-15)23-7-9-25-16(13-23)14-10-21-22(2)12-14;/h3-5,10-12,16H,6-9,13H2,1-2H3,(H,18,20);1H. The van der Waals surface area contributed by atoms with Gasteiger partial charge < -0.3 is 19.7 Å². The summed E-state index contributed by atoms with van der Waals surface area (Å²) in [6.45, 7) is 3.42. The maximum atomic E-state index is 5.88. The highest BCUT2D eigenvalue weighted by Gasteiger charge is 2.24. The van der Waals surface area contributed by atoms with Crippen LogP contribution in [0.4, 0.5) is 0 Å². The lowest BCUT2D eigenvalue weighted by atomic mass is 10.1. The van der Waals surface area contributed by atoms with Crippen LogP contribution in [-0.2, 0) is 11.8 Å². The predicted molar refractivity (Wildman–Crippen MR) is 110 cm³/mol. The molecule has 0 amide bonds. The number of nitrogens with zero attached hydrogens (tertiary/aromatic N) is 5. The van der Waals surface area contributed by atoms with Gasteiger partial charge in [-0.1, -0.05) is 0 Å². The van der Waals surface area contributed by atoms with E-state index in [9.17, 15) is 0 Å². The van der Waals surface area contributed by atoms with Gasteiger partial charge in [-0.15, -0.1) is 24.0 Å². The van der Waals surface area contributed by atoms with Crippen LogP contribution in [0.2, 0.25) is 0 Å². The van der Waals surface area contributed by atoms with Crippen molar-refractivity contribution in [1.82, 2.24) is 25.0 Å². The number of hydrogen-bond donors (Lipinski definition) is 1. The smallest absolute Gasteiger partial charge is 0.193 e. The number of halogens is 1. The van der Waals surface area contributed by atoms with Crippen molar-refractivity contribution in [1.29, 1.82) is 0 Å². The molecule has 0 bridgehead atoms. The normalized spacial score (nSPS) is 17.5. The Hall–Kier alpha value is -1.88. The molecule has 1 aliphatic rings. The quantitative estimate of drug-likeness (QED) is 0.308. The number of pyridine rings is 1. The van der Waals surface area contributed by atoms with E-state index in [-0.39, 0.29) is 30.1 Å². The summed E-state index contributed by atoms with van der Waals surface area (Å²) in [5.41, 5.74) is 1.09. The van der Waals surface area contributed by atoms with E-state index in [0.29, 0.717) is 19.8 Å². The number of hydrogen-bond acceptors (Lipinski definition) is 5. The molecule has 1 fully saturated rings. The molecular weight excluding hydrogens is 447 g/mol. The minimum absolute atomic E-state index is 0. The molecule has 2 aromatic heterocycles. The lowest BCUT2D eigenvalue weighted by Gasteiger charge is -2.34. The Morgan fingerprint density at radius 3 is 3.04 bits per heavy atom. The maximum Gasteiger partial charge on any atom is 0.193 e. The molecule has 0 saturated carbocycles. The van der Waals surface area contributed by atoms with Crippen molar-refractivity contribution < 1.29 is 9.47 Å². The molecule has 1 atom stereocenters. The molecule has 0 aromatic carbocycles. The molecule has 142 valence electrons. The SMILES string of the molecule is CN=C(NCCOc1cccnc1)N1CCOC(c2cnn(C)c2)C1.I. The van der Waals surface area contributed by atoms with Crippen LogP contribution in [0.25, 0.3) is 0 Å². The predicted octanol–water partition coefficient (Wildman–Crippen LogP) is 1.46. The monoisotopic (exact) mass is 472 g/mol. The van der Waals surface area contributed by atoms with Gasteiger partial charge in [0.25, 0.3) is 0 Å². The molecule has 0 spiro atoms. The van der Waals surface area contributed by atoms with Crippen LogP contribution in [0.15, 0.2) is 41.9 Å². The van der Waals surface area contributed by atoms with Gasteiger partial charge in [0.05, 0.1) is 32.1 Å². The van der Waals surface area contributed by atoms with Gasteiger partial charge in [0.15, 0.2) is 5.96 Å². The Balaban J connectivity index is 0.00000243. The summed E-state index contributed by atoms with van der Waals surface area (Å²) >= 11 is 0. The number of guanidine groups is 1. The highest BCUT2D eigenvalue weighted by molar-refractivity contribution is 14.0. The lowest BCUT2D eigenvalue weighted by Crippen LogP contribution is -2.48. The molecule has 1 unspecified atom stereocenters. The number of ether oxygens (including phenoxy) is 2. The number of aliphatic imine (C=N–C) groups is 1. The fourth-order valence-corrected chi connectivity index (χ4v) is 2.75. The zero-order valence-electron chi connectivity index (χ0n) is 15.0. The summed E-state index contributed by atoms with van der Waals surface area (Å²) in [6.07, 6.45) is 7.28. The van der Waals surface area contributed by atoms with Crippen LogP contribution in [-0.4, -0.2) is 65.5 Å². The number of morpholine rings is 1. The Bertz CT molecular complexity index is 694. The first-order valence-electron chi connectivity index (χ1n) is 8.35. The van der Waals surface area contributed by atoms with Crippen molar-refractivity contribution in [2.75, 3.05) is 39.9 Å². The topological polar surface area (TPSA) is 76.8 Å². The average molecular weight is 472 g/mol. The van der Waals surface area contributed by atoms with Gasteiger partial charge in [0.1, 0.15) is 18.5 Å². The van der Waals surface area contributed by atoms with Crippen molar-refractivity contribution in [3.05, 3.63) is 42.5 Å². The Morgan fingerprint density at radius 2 is 2.35 bits per heavy atom. The van der Waals surface area contributed by atoms with E-state index in [1.165, 1.54) is 0 Å².